The van der Waals surface area contributed by atoms with E-state index in [1.807, 2.05) is 0 Å². The molecule has 5 heteroatoms. The Morgan fingerprint density at radius 3 is 2.41 bits per heavy atom. The van der Waals surface area contributed by atoms with Crippen molar-refractivity contribution in [3.05, 3.63) is 41.4 Å². The SMILES string of the molecule is C=C(c1cccc(Cl)c1)P(=O)(OCC)OCC. The Hall–Kier alpha value is -0.600. The maximum atomic E-state index is 12.4. The van der Waals surface area contributed by atoms with Gasteiger partial charge in [-0.1, -0.05) is 30.3 Å². The van der Waals surface area contributed by atoms with Gasteiger partial charge in [0.1, 0.15) is 0 Å². The molecule has 0 bridgehead atoms. The Bertz CT molecular complexity index is 435. The van der Waals surface area contributed by atoms with Crippen LogP contribution in [0.1, 0.15) is 19.4 Å². The number of benzene rings is 1. The van der Waals surface area contributed by atoms with Gasteiger partial charge in [0.05, 0.1) is 18.5 Å². The first-order valence-corrected chi connectivity index (χ1v) is 7.30. The van der Waals surface area contributed by atoms with Gasteiger partial charge in [-0.2, -0.15) is 0 Å². The number of halogens is 1. The van der Waals surface area contributed by atoms with Crippen LogP contribution in [-0.2, 0) is 13.6 Å². The summed E-state index contributed by atoms with van der Waals surface area (Å²) < 4.78 is 22.9. The highest BCUT2D eigenvalue weighted by molar-refractivity contribution is 7.65. The van der Waals surface area contributed by atoms with Crippen LogP contribution in [0.25, 0.3) is 5.31 Å². The highest BCUT2D eigenvalue weighted by atomic mass is 35.5. The molecule has 0 radical (unpaired) electrons. The van der Waals surface area contributed by atoms with Crippen molar-refractivity contribution in [1.29, 1.82) is 0 Å². The molecule has 0 aliphatic heterocycles. The Kier molecular flexibility index (Phi) is 5.41. The lowest BCUT2D eigenvalue weighted by atomic mass is 10.2. The van der Waals surface area contributed by atoms with Crippen LogP contribution in [0, 0.1) is 0 Å². The molecule has 0 amide bonds. The van der Waals surface area contributed by atoms with Gasteiger partial charge >= 0.3 is 7.60 Å². The third-order valence-corrected chi connectivity index (χ3v) is 4.44. The molecule has 0 spiro atoms. The predicted octanol–water partition coefficient (Wildman–Crippen LogP) is 4.58. The topological polar surface area (TPSA) is 35.5 Å². The predicted molar refractivity (Wildman–Crippen MR) is 71.3 cm³/mol. The molecule has 0 saturated heterocycles. The molecule has 0 unspecified atom stereocenters. The second-order valence-corrected chi connectivity index (χ2v) is 5.78. The van der Waals surface area contributed by atoms with E-state index in [2.05, 4.69) is 6.58 Å². The van der Waals surface area contributed by atoms with E-state index in [0.717, 1.165) is 0 Å². The van der Waals surface area contributed by atoms with Crippen molar-refractivity contribution in [2.24, 2.45) is 0 Å². The zero-order valence-corrected chi connectivity index (χ0v) is 11.6. The third-order valence-electron chi connectivity index (χ3n) is 2.09. The van der Waals surface area contributed by atoms with Crippen LogP contribution >= 0.6 is 19.2 Å². The summed E-state index contributed by atoms with van der Waals surface area (Å²) in [7, 11) is -3.31. The summed E-state index contributed by atoms with van der Waals surface area (Å²) in [5.74, 6) is 0. The molecule has 0 heterocycles. The van der Waals surface area contributed by atoms with Gasteiger partial charge in [-0.3, -0.25) is 4.57 Å². The van der Waals surface area contributed by atoms with Crippen molar-refractivity contribution in [2.75, 3.05) is 13.2 Å². The summed E-state index contributed by atoms with van der Waals surface area (Å²) in [6.07, 6.45) is 0. The maximum absolute atomic E-state index is 12.4. The highest BCUT2D eigenvalue weighted by Gasteiger charge is 2.28. The molecule has 94 valence electrons. The monoisotopic (exact) mass is 274 g/mol. The van der Waals surface area contributed by atoms with Gasteiger partial charge in [-0.25, -0.2) is 0 Å². The van der Waals surface area contributed by atoms with Crippen molar-refractivity contribution in [1.82, 2.24) is 0 Å². The van der Waals surface area contributed by atoms with Gasteiger partial charge in [0, 0.05) is 5.02 Å². The standard InChI is InChI=1S/C12H16ClO3P/c1-4-15-17(14,16-5-2)10(3)11-7-6-8-12(13)9-11/h6-9H,3-5H2,1-2H3. The van der Waals surface area contributed by atoms with E-state index in [-0.39, 0.29) is 0 Å². The first kappa shape index (κ1) is 14.5. The normalized spacial score (nSPS) is 11.5. The van der Waals surface area contributed by atoms with Crippen molar-refractivity contribution in [3.63, 3.8) is 0 Å². The fraction of sp³-hybridized carbons (Fsp3) is 0.333. The van der Waals surface area contributed by atoms with Crippen LogP contribution in [0.4, 0.5) is 0 Å². The highest BCUT2D eigenvalue weighted by Crippen LogP contribution is 2.59. The van der Waals surface area contributed by atoms with Gasteiger partial charge in [0.25, 0.3) is 0 Å². The van der Waals surface area contributed by atoms with Gasteiger partial charge in [-0.05, 0) is 31.5 Å². The van der Waals surface area contributed by atoms with Crippen molar-refractivity contribution >= 4 is 24.5 Å². The maximum Gasteiger partial charge on any atom is 0.361 e. The van der Waals surface area contributed by atoms with Gasteiger partial charge in [-0.15, -0.1) is 0 Å². The molecule has 0 atom stereocenters. The number of hydrogen-bond donors (Lipinski definition) is 0. The zero-order valence-electron chi connectivity index (χ0n) is 9.98. The largest absolute Gasteiger partial charge is 0.361 e. The third kappa shape index (κ3) is 3.68. The Balaban J connectivity index is 3.04. The fourth-order valence-corrected chi connectivity index (χ4v) is 3.07. The van der Waals surface area contributed by atoms with Crippen molar-refractivity contribution < 1.29 is 13.6 Å². The Labute approximate surface area is 107 Å². The molecular weight excluding hydrogens is 259 g/mol. The molecular formula is C12H16ClO3P. The minimum absolute atomic E-state index is 0.302. The molecule has 0 N–H and O–H groups in total. The van der Waals surface area contributed by atoms with Crippen LogP contribution in [0.5, 0.6) is 0 Å². The summed E-state index contributed by atoms with van der Waals surface area (Å²) >= 11 is 5.88. The molecule has 3 nitrogen and oxygen atoms in total. The van der Waals surface area contributed by atoms with Crippen LogP contribution in [0.15, 0.2) is 30.8 Å². The average molecular weight is 275 g/mol. The lowest BCUT2D eigenvalue weighted by Gasteiger charge is -2.19. The quantitative estimate of drug-likeness (QED) is 0.713. The van der Waals surface area contributed by atoms with E-state index in [1.54, 1.807) is 38.1 Å². The fourth-order valence-electron chi connectivity index (χ4n) is 1.36. The molecule has 1 rings (SSSR count). The number of rotatable bonds is 6. The summed E-state index contributed by atoms with van der Waals surface area (Å²) in [5, 5.41) is 0.895. The van der Waals surface area contributed by atoms with E-state index in [4.69, 9.17) is 20.6 Å². The van der Waals surface area contributed by atoms with Crippen LogP contribution in [-0.4, -0.2) is 13.2 Å². The second-order valence-electron chi connectivity index (χ2n) is 3.29. The first-order valence-electron chi connectivity index (χ1n) is 5.38. The minimum Gasteiger partial charge on any atom is -0.305 e. The smallest absolute Gasteiger partial charge is 0.305 e. The van der Waals surface area contributed by atoms with Crippen molar-refractivity contribution in [2.45, 2.75) is 13.8 Å². The van der Waals surface area contributed by atoms with Crippen LogP contribution in [0.2, 0.25) is 5.02 Å². The lowest BCUT2D eigenvalue weighted by molar-refractivity contribution is 0.230. The van der Waals surface area contributed by atoms with E-state index in [0.29, 0.717) is 29.1 Å². The first-order chi connectivity index (χ1) is 8.03. The molecule has 1 aromatic rings. The molecule has 0 saturated carbocycles. The molecule has 17 heavy (non-hydrogen) atoms. The zero-order chi connectivity index (χ0) is 12.9. The molecule has 1 aromatic carbocycles. The summed E-state index contributed by atoms with van der Waals surface area (Å²) in [5.41, 5.74) is 0.669. The van der Waals surface area contributed by atoms with E-state index in [9.17, 15) is 4.57 Å². The van der Waals surface area contributed by atoms with E-state index in [1.165, 1.54) is 0 Å². The van der Waals surface area contributed by atoms with E-state index < -0.39 is 7.60 Å². The minimum atomic E-state index is -3.31. The van der Waals surface area contributed by atoms with Gasteiger partial charge < -0.3 is 9.05 Å². The van der Waals surface area contributed by atoms with Gasteiger partial charge in [0.15, 0.2) is 0 Å². The molecule has 0 aromatic heterocycles. The lowest BCUT2D eigenvalue weighted by Crippen LogP contribution is -1.97. The van der Waals surface area contributed by atoms with Crippen molar-refractivity contribution in [3.8, 4) is 0 Å². The van der Waals surface area contributed by atoms with Crippen LogP contribution < -0.4 is 0 Å². The molecule has 0 fully saturated rings. The number of hydrogen-bond acceptors (Lipinski definition) is 3. The molecule has 0 aliphatic rings. The average Bonchev–Trinajstić information content (AvgIpc) is 2.28. The second kappa shape index (κ2) is 6.36. The summed E-state index contributed by atoms with van der Waals surface area (Å²) in [4.78, 5) is 0. The summed E-state index contributed by atoms with van der Waals surface area (Å²) in [6, 6.07) is 6.98. The van der Waals surface area contributed by atoms with Crippen LogP contribution in [0.3, 0.4) is 0 Å². The molecule has 0 aliphatic carbocycles. The van der Waals surface area contributed by atoms with Gasteiger partial charge in [0.2, 0.25) is 0 Å². The Morgan fingerprint density at radius 2 is 1.94 bits per heavy atom. The summed E-state index contributed by atoms with van der Waals surface area (Å²) in [6.45, 7) is 7.93. The van der Waals surface area contributed by atoms with E-state index >= 15 is 0 Å². The Morgan fingerprint density at radius 1 is 1.35 bits per heavy atom.